The summed E-state index contributed by atoms with van der Waals surface area (Å²) in [6, 6.07) is 4.76. The van der Waals surface area contributed by atoms with Gasteiger partial charge in [-0.3, -0.25) is 0 Å². The molecular weight excluding hydrogens is 266 g/mol. The Morgan fingerprint density at radius 1 is 1.37 bits per heavy atom. The minimum Gasteiger partial charge on any atom is -0.399 e. The summed E-state index contributed by atoms with van der Waals surface area (Å²) < 4.78 is 29.0. The van der Waals surface area contributed by atoms with E-state index in [1.165, 1.54) is 6.07 Å². The molecule has 1 fully saturated rings. The number of rotatable bonds is 2. The van der Waals surface area contributed by atoms with Gasteiger partial charge in [-0.1, -0.05) is 0 Å². The number of anilines is 2. The van der Waals surface area contributed by atoms with Crippen LogP contribution < -0.4 is 15.8 Å². The molecule has 2 rings (SSSR count). The van der Waals surface area contributed by atoms with Gasteiger partial charge in [-0.25, -0.2) is 13.6 Å². The topological polar surface area (TPSA) is 98.6 Å². The highest BCUT2D eigenvalue weighted by atomic mass is 32.2. The Hall–Kier alpha value is -1.31. The number of morpholine rings is 1. The monoisotopic (exact) mass is 285 g/mol. The lowest BCUT2D eigenvalue weighted by Crippen LogP contribution is -2.48. The fourth-order valence-corrected chi connectivity index (χ4v) is 3.03. The van der Waals surface area contributed by atoms with E-state index in [2.05, 4.69) is 0 Å². The number of nitrogen functional groups attached to an aromatic ring is 1. The van der Waals surface area contributed by atoms with Crippen LogP contribution in [0.15, 0.2) is 23.1 Å². The normalized spacial score (nSPS) is 19.4. The van der Waals surface area contributed by atoms with E-state index in [0.29, 0.717) is 31.1 Å². The van der Waals surface area contributed by atoms with Gasteiger partial charge in [0.2, 0.25) is 10.0 Å². The number of ether oxygens (including phenoxy) is 1. The largest absolute Gasteiger partial charge is 0.399 e. The molecule has 1 aromatic rings. The molecule has 19 heavy (non-hydrogen) atoms. The Morgan fingerprint density at radius 2 is 2.05 bits per heavy atom. The summed E-state index contributed by atoms with van der Waals surface area (Å²) in [7, 11) is -3.81. The molecule has 1 aliphatic heterocycles. The lowest BCUT2D eigenvalue weighted by molar-refractivity contribution is -0.0278. The zero-order valence-corrected chi connectivity index (χ0v) is 11.9. The predicted molar refractivity (Wildman–Crippen MR) is 74.5 cm³/mol. The summed E-state index contributed by atoms with van der Waals surface area (Å²) in [5, 5.41) is 5.26. The molecule has 1 aromatic carbocycles. The maximum atomic E-state index is 11.7. The highest BCUT2D eigenvalue weighted by molar-refractivity contribution is 7.89. The van der Waals surface area contributed by atoms with Crippen LogP contribution in [0.4, 0.5) is 11.4 Å². The van der Waals surface area contributed by atoms with E-state index < -0.39 is 10.0 Å². The molecule has 1 heterocycles. The first-order chi connectivity index (χ1) is 8.69. The van der Waals surface area contributed by atoms with Crippen molar-refractivity contribution in [2.75, 3.05) is 30.3 Å². The van der Waals surface area contributed by atoms with Crippen LogP contribution in [0, 0.1) is 0 Å². The molecule has 0 saturated carbocycles. The fourth-order valence-electron chi connectivity index (χ4n) is 2.24. The van der Waals surface area contributed by atoms with Gasteiger partial charge in [0.25, 0.3) is 0 Å². The molecule has 0 radical (unpaired) electrons. The first-order valence-corrected chi connectivity index (χ1v) is 7.55. The molecule has 7 heteroatoms. The Morgan fingerprint density at radius 3 is 2.63 bits per heavy atom. The van der Waals surface area contributed by atoms with E-state index >= 15 is 0 Å². The molecule has 1 saturated heterocycles. The third-order valence-electron chi connectivity index (χ3n) is 3.06. The highest BCUT2D eigenvalue weighted by Crippen LogP contribution is 2.30. The van der Waals surface area contributed by atoms with Gasteiger partial charge in [-0.15, -0.1) is 0 Å². The van der Waals surface area contributed by atoms with E-state index in [1.54, 1.807) is 12.1 Å². The standard InChI is InChI=1S/C12H19N3O3S/c1-12(2)8-15(5-6-18-12)10-4-3-9(13)7-11(10)19(14,16)17/h3-4,7H,5-6,8,13H2,1-2H3,(H2,14,16,17). The van der Waals surface area contributed by atoms with Crippen LogP contribution >= 0.6 is 0 Å². The van der Waals surface area contributed by atoms with E-state index in [4.69, 9.17) is 15.6 Å². The minimum absolute atomic E-state index is 0.0604. The summed E-state index contributed by atoms with van der Waals surface area (Å²) in [6.45, 7) is 5.69. The molecule has 0 unspecified atom stereocenters. The predicted octanol–water partition coefficient (Wildman–Crippen LogP) is 0.531. The molecule has 0 bridgehead atoms. The molecule has 6 nitrogen and oxygen atoms in total. The Bertz CT molecular complexity index is 584. The van der Waals surface area contributed by atoms with Crippen LogP contribution in [0.3, 0.4) is 0 Å². The number of sulfonamides is 1. The summed E-state index contributed by atoms with van der Waals surface area (Å²) in [5.74, 6) is 0. The van der Waals surface area contributed by atoms with Gasteiger partial charge in [0.15, 0.2) is 0 Å². The van der Waals surface area contributed by atoms with E-state index in [1.807, 2.05) is 18.7 Å². The number of hydrogen-bond donors (Lipinski definition) is 2. The Kier molecular flexibility index (Phi) is 3.46. The Labute approximate surface area is 113 Å². The van der Waals surface area contributed by atoms with Crippen molar-refractivity contribution in [2.45, 2.75) is 24.3 Å². The van der Waals surface area contributed by atoms with Gasteiger partial charge in [0.1, 0.15) is 4.90 Å². The summed E-state index contributed by atoms with van der Waals surface area (Å²) in [5.41, 5.74) is 6.27. The van der Waals surface area contributed by atoms with Crippen molar-refractivity contribution < 1.29 is 13.2 Å². The molecule has 1 aliphatic rings. The van der Waals surface area contributed by atoms with Gasteiger partial charge in [0, 0.05) is 18.8 Å². The van der Waals surface area contributed by atoms with Crippen LogP contribution in [0.1, 0.15) is 13.8 Å². The average molecular weight is 285 g/mol. The third kappa shape index (κ3) is 3.17. The molecule has 0 aliphatic carbocycles. The molecule has 0 spiro atoms. The van der Waals surface area contributed by atoms with E-state index in [-0.39, 0.29) is 10.5 Å². The van der Waals surface area contributed by atoms with Crippen molar-refractivity contribution in [3.8, 4) is 0 Å². The first-order valence-electron chi connectivity index (χ1n) is 6.00. The van der Waals surface area contributed by atoms with E-state index in [0.717, 1.165) is 0 Å². The van der Waals surface area contributed by atoms with Crippen LogP contribution in [-0.2, 0) is 14.8 Å². The van der Waals surface area contributed by atoms with Crippen molar-refractivity contribution in [2.24, 2.45) is 5.14 Å². The zero-order chi connectivity index (χ0) is 14.3. The Balaban J connectivity index is 2.45. The second-order valence-electron chi connectivity index (χ2n) is 5.30. The smallest absolute Gasteiger partial charge is 0.240 e. The summed E-state index contributed by atoms with van der Waals surface area (Å²) in [4.78, 5) is 2.02. The summed E-state index contributed by atoms with van der Waals surface area (Å²) in [6.07, 6.45) is 0. The van der Waals surface area contributed by atoms with Crippen molar-refractivity contribution in [1.82, 2.24) is 0 Å². The SMILES string of the molecule is CC1(C)CN(c2ccc(N)cc2S(N)(=O)=O)CCO1. The number of benzene rings is 1. The maximum absolute atomic E-state index is 11.7. The molecule has 106 valence electrons. The van der Waals surface area contributed by atoms with Gasteiger partial charge in [-0.05, 0) is 32.0 Å². The highest BCUT2D eigenvalue weighted by Gasteiger charge is 2.29. The van der Waals surface area contributed by atoms with Gasteiger partial charge in [-0.2, -0.15) is 0 Å². The average Bonchev–Trinajstić information content (AvgIpc) is 2.26. The third-order valence-corrected chi connectivity index (χ3v) is 4.00. The van der Waals surface area contributed by atoms with Crippen LogP contribution in [0.5, 0.6) is 0 Å². The van der Waals surface area contributed by atoms with Gasteiger partial charge in [0.05, 0.1) is 17.9 Å². The van der Waals surface area contributed by atoms with Crippen LogP contribution in [0.25, 0.3) is 0 Å². The van der Waals surface area contributed by atoms with Crippen molar-refractivity contribution in [3.05, 3.63) is 18.2 Å². The first kappa shape index (κ1) is 14.1. The summed E-state index contributed by atoms with van der Waals surface area (Å²) >= 11 is 0. The molecule has 0 amide bonds. The molecular formula is C12H19N3O3S. The lowest BCUT2D eigenvalue weighted by atomic mass is 10.1. The molecule has 0 aromatic heterocycles. The van der Waals surface area contributed by atoms with Crippen LogP contribution in [0.2, 0.25) is 0 Å². The second kappa shape index (κ2) is 4.66. The number of nitrogens with zero attached hydrogens (tertiary/aromatic N) is 1. The van der Waals surface area contributed by atoms with Gasteiger partial charge >= 0.3 is 0 Å². The zero-order valence-electron chi connectivity index (χ0n) is 11.1. The quantitative estimate of drug-likeness (QED) is 0.772. The van der Waals surface area contributed by atoms with Crippen molar-refractivity contribution in [3.63, 3.8) is 0 Å². The van der Waals surface area contributed by atoms with Crippen molar-refractivity contribution >= 4 is 21.4 Å². The molecule has 4 N–H and O–H groups in total. The van der Waals surface area contributed by atoms with Crippen molar-refractivity contribution in [1.29, 1.82) is 0 Å². The van der Waals surface area contributed by atoms with Gasteiger partial charge < -0.3 is 15.4 Å². The number of nitrogens with two attached hydrogens (primary N) is 2. The second-order valence-corrected chi connectivity index (χ2v) is 6.83. The molecule has 0 atom stereocenters. The number of primary sulfonamides is 1. The van der Waals surface area contributed by atoms with Crippen LogP contribution in [-0.4, -0.2) is 33.7 Å². The minimum atomic E-state index is -3.81. The van der Waals surface area contributed by atoms with E-state index in [9.17, 15) is 8.42 Å². The fraction of sp³-hybridized carbons (Fsp3) is 0.500. The number of hydrogen-bond acceptors (Lipinski definition) is 5. The maximum Gasteiger partial charge on any atom is 0.240 e. The lowest BCUT2D eigenvalue weighted by Gasteiger charge is -2.40.